The fourth-order valence-electron chi connectivity index (χ4n) is 1.21. The zero-order chi connectivity index (χ0) is 12.9. The molecule has 1 aromatic rings. The molecule has 0 atom stereocenters. The van der Waals surface area contributed by atoms with Crippen LogP contribution >= 0.6 is 15.9 Å². The Morgan fingerprint density at radius 1 is 1.29 bits per heavy atom. The minimum absolute atomic E-state index is 0.0663. The third-order valence-electron chi connectivity index (χ3n) is 1.93. The van der Waals surface area contributed by atoms with E-state index in [1.807, 2.05) is 0 Å². The Kier molecular flexibility index (Phi) is 5.35. The molecular weight excluding hydrogens is 313 g/mol. The van der Waals surface area contributed by atoms with Crippen LogP contribution in [0.25, 0.3) is 0 Å². The van der Waals surface area contributed by atoms with Gasteiger partial charge in [0.1, 0.15) is 11.6 Å². The van der Waals surface area contributed by atoms with Crippen LogP contribution in [0.2, 0.25) is 0 Å². The molecule has 0 heterocycles. The van der Waals surface area contributed by atoms with Gasteiger partial charge < -0.3 is 4.74 Å². The van der Waals surface area contributed by atoms with Gasteiger partial charge in [0.25, 0.3) is 0 Å². The highest BCUT2D eigenvalue weighted by molar-refractivity contribution is 9.10. The first-order valence-corrected chi connectivity index (χ1v) is 7.47. The Morgan fingerprint density at radius 2 is 2.00 bits per heavy atom. The van der Waals surface area contributed by atoms with E-state index in [0.29, 0.717) is 29.7 Å². The van der Waals surface area contributed by atoms with Crippen molar-refractivity contribution in [3.8, 4) is 5.75 Å². The fraction of sp³-hybridized carbons (Fsp3) is 0.400. The predicted octanol–water partition coefficient (Wildman–Crippen LogP) is 2.04. The smallest absolute Gasteiger partial charge is 0.209 e. The minimum Gasteiger partial charge on any atom is -0.493 e. The maximum atomic E-state index is 13.0. The number of hydrogen-bond acceptors (Lipinski definition) is 3. The van der Waals surface area contributed by atoms with Gasteiger partial charge in [-0.2, -0.15) is 0 Å². The summed E-state index contributed by atoms with van der Waals surface area (Å²) in [6.07, 6.45) is 0.972. The molecule has 1 rings (SSSR count). The molecule has 4 nitrogen and oxygen atoms in total. The van der Waals surface area contributed by atoms with Crippen LogP contribution in [0.5, 0.6) is 5.75 Å². The molecule has 0 aliphatic rings. The summed E-state index contributed by atoms with van der Waals surface area (Å²) in [5.74, 6) is -0.0465. The Bertz CT molecular complexity index is 458. The van der Waals surface area contributed by atoms with Gasteiger partial charge in [-0.3, -0.25) is 0 Å². The van der Waals surface area contributed by atoms with Crippen molar-refractivity contribution >= 4 is 26.0 Å². The van der Waals surface area contributed by atoms with Gasteiger partial charge in [-0.15, -0.1) is 0 Å². The average Bonchev–Trinajstić information content (AvgIpc) is 2.13. The number of rotatable bonds is 6. The quantitative estimate of drug-likeness (QED) is 0.813. The molecule has 0 aliphatic carbocycles. The van der Waals surface area contributed by atoms with E-state index >= 15 is 0 Å². The van der Waals surface area contributed by atoms with E-state index in [-0.39, 0.29) is 11.6 Å². The highest BCUT2D eigenvalue weighted by Crippen LogP contribution is 2.20. The van der Waals surface area contributed by atoms with Gasteiger partial charge in [-0.05, 0) is 25.0 Å². The second kappa shape index (κ2) is 6.32. The van der Waals surface area contributed by atoms with E-state index in [2.05, 4.69) is 15.9 Å². The molecule has 17 heavy (non-hydrogen) atoms. The van der Waals surface area contributed by atoms with Crippen LogP contribution in [0, 0.1) is 5.82 Å². The predicted molar refractivity (Wildman–Crippen MR) is 66.8 cm³/mol. The summed E-state index contributed by atoms with van der Waals surface area (Å²) < 4.78 is 40.1. The third-order valence-corrected chi connectivity index (χ3v) is 3.24. The van der Waals surface area contributed by atoms with Crippen molar-refractivity contribution in [1.82, 2.24) is 0 Å². The highest BCUT2D eigenvalue weighted by Gasteiger charge is 2.03. The molecule has 0 aliphatic heterocycles. The summed E-state index contributed by atoms with van der Waals surface area (Å²) in [4.78, 5) is 0. The van der Waals surface area contributed by atoms with Gasteiger partial charge in [0, 0.05) is 10.5 Å². The molecule has 96 valence electrons. The van der Waals surface area contributed by atoms with Gasteiger partial charge in [0.2, 0.25) is 10.0 Å². The minimum atomic E-state index is -3.41. The van der Waals surface area contributed by atoms with E-state index in [1.165, 1.54) is 12.1 Å². The number of ether oxygens (including phenoxy) is 1. The lowest BCUT2D eigenvalue weighted by molar-refractivity contribution is 0.308. The first kappa shape index (κ1) is 14.4. The van der Waals surface area contributed by atoms with Crippen LogP contribution in [0.4, 0.5) is 4.39 Å². The maximum absolute atomic E-state index is 13.0. The van der Waals surface area contributed by atoms with Crippen molar-refractivity contribution < 1.29 is 17.5 Å². The summed E-state index contributed by atoms with van der Waals surface area (Å²) in [7, 11) is -3.41. The van der Waals surface area contributed by atoms with Gasteiger partial charge in [-0.25, -0.2) is 17.9 Å². The second-order valence-electron chi connectivity index (χ2n) is 3.53. The third kappa shape index (κ3) is 6.60. The van der Waals surface area contributed by atoms with E-state index < -0.39 is 10.0 Å². The molecule has 1 aromatic carbocycles. The van der Waals surface area contributed by atoms with Crippen LogP contribution in [-0.4, -0.2) is 20.8 Å². The van der Waals surface area contributed by atoms with Gasteiger partial charge in [0.15, 0.2) is 0 Å². The lowest BCUT2D eigenvalue weighted by Gasteiger charge is -2.06. The number of hydrogen-bond donors (Lipinski definition) is 1. The molecule has 0 bridgehead atoms. The molecule has 0 saturated carbocycles. The first-order chi connectivity index (χ1) is 7.87. The number of primary sulfonamides is 1. The molecule has 0 saturated heterocycles. The monoisotopic (exact) mass is 325 g/mol. The van der Waals surface area contributed by atoms with E-state index in [1.54, 1.807) is 6.07 Å². The zero-order valence-corrected chi connectivity index (χ0v) is 11.4. The SMILES string of the molecule is NS(=O)(=O)CCCCOc1cc(F)cc(Br)c1. The highest BCUT2D eigenvalue weighted by atomic mass is 79.9. The Hall–Kier alpha value is -0.660. The number of nitrogens with two attached hydrogens (primary N) is 1. The number of benzene rings is 1. The van der Waals surface area contributed by atoms with Crippen LogP contribution in [-0.2, 0) is 10.0 Å². The van der Waals surface area contributed by atoms with Crippen molar-refractivity contribution in [2.24, 2.45) is 5.14 Å². The van der Waals surface area contributed by atoms with Gasteiger partial charge in [-0.1, -0.05) is 15.9 Å². The molecule has 0 aromatic heterocycles. The maximum Gasteiger partial charge on any atom is 0.209 e. The van der Waals surface area contributed by atoms with Crippen molar-refractivity contribution in [2.45, 2.75) is 12.8 Å². The van der Waals surface area contributed by atoms with Gasteiger partial charge >= 0.3 is 0 Å². The normalized spacial score (nSPS) is 11.5. The molecule has 0 unspecified atom stereocenters. The van der Waals surface area contributed by atoms with Gasteiger partial charge in [0.05, 0.1) is 12.4 Å². The Labute approximate surface area is 108 Å². The lowest BCUT2D eigenvalue weighted by Crippen LogP contribution is -2.16. The molecule has 7 heteroatoms. The van der Waals surface area contributed by atoms with Crippen LogP contribution in [0.3, 0.4) is 0 Å². The standard InChI is InChI=1S/C10H13BrFNO3S/c11-8-5-9(12)7-10(6-8)16-3-1-2-4-17(13,14)15/h5-7H,1-4H2,(H2,13,14,15). The van der Waals surface area contributed by atoms with Crippen LogP contribution in [0.15, 0.2) is 22.7 Å². The number of unbranched alkanes of at least 4 members (excludes halogenated alkanes) is 1. The summed E-state index contributed by atoms with van der Waals surface area (Å²) in [5, 5.41) is 4.84. The second-order valence-corrected chi connectivity index (χ2v) is 6.18. The van der Waals surface area contributed by atoms with Crippen molar-refractivity contribution in [3.05, 3.63) is 28.5 Å². The van der Waals surface area contributed by atoms with Crippen LogP contribution < -0.4 is 9.88 Å². The van der Waals surface area contributed by atoms with Crippen molar-refractivity contribution in [1.29, 1.82) is 0 Å². The fourth-order valence-corrected chi connectivity index (χ4v) is 2.26. The average molecular weight is 326 g/mol. The van der Waals surface area contributed by atoms with Crippen LogP contribution in [0.1, 0.15) is 12.8 Å². The first-order valence-electron chi connectivity index (χ1n) is 4.96. The largest absolute Gasteiger partial charge is 0.493 e. The number of sulfonamides is 1. The Morgan fingerprint density at radius 3 is 2.59 bits per heavy atom. The lowest BCUT2D eigenvalue weighted by atomic mass is 10.3. The summed E-state index contributed by atoms with van der Waals surface area (Å²) >= 11 is 3.15. The van der Waals surface area contributed by atoms with E-state index in [0.717, 1.165) is 0 Å². The molecule has 0 amide bonds. The van der Waals surface area contributed by atoms with E-state index in [4.69, 9.17) is 9.88 Å². The van der Waals surface area contributed by atoms with Crippen molar-refractivity contribution in [3.63, 3.8) is 0 Å². The number of halogens is 2. The molecule has 0 radical (unpaired) electrons. The molecular formula is C10H13BrFNO3S. The summed E-state index contributed by atoms with van der Waals surface area (Å²) in [6, 6.07) is 4.24. The molecule has 0 spiro atoms. The summed E-state index contributed by atoms with van der Waals surface area (Å²) in [5.41, 5.74) is 0. The summed E-state index contributed by atoms with van der Waals surface area (Å²) in [6.45, 7) is 0.325. The molecule has 0 fully saturated rings. The van der Waals surface area contributed by atoms with Crippen molar-refractivity contribution in [2.75, 3.05) is 12.4 Å². The molecule has 2 N–H and O–H groups in total. The van der Waals surface area contributed by atoms with E-state index in [9.17, 15) is 12.8 Å². The Balaban J connectivity index is 2.31. The zero-order valence-electron chi connectivity index (χ0n) is 9.03. The topological polar surface area (TPSA) is 69.4 Å².